The van der Waals surface area contributed by atoms with Gasteiger partial charge in [0.15, 0.2) is 0 Å². The minimum Gasteiger partial charge on any atom is -0.396 e. The van der Waals surface area contributed by atoms with Crippen molar-refractivity contribution >= 4 is 15.7 Å². The Morgan fingerprint density at radius 2 is 2.10 bits per heavy atom. The topological polar surface area (TPSA) is 75.4 Å². The van der Waals surface area contributed by atoms with E-state index in [0.29, 0.717) is 0 Å². The molecule has 20 heavy (non-hydrogen) atoms. The summed E-state index contributed by atoms with van der Waals surface area (Å²) < 4.78 is 40.7. The lowest BCUT2D eigenvalue weighted by Gasteiger charge is -2.21. The summed E-state index contributed by atoms with van der Waals surface area (Å²) in [4.78, 5) is 2.25. The lowest BCUT2D eigenvalue weighted by Crippen LogP contribution is -2.42. The van der Waals surface area contributed by atoms with E-state index in [1.165, 1.54) is 12.1 Å². The Kier molecular flexibility index (Phi) is 3.43. The fraction of sp³-hybridized carbons (Fsp3) is 0.538. The van der Waals surface area contributed by atoms with Gasteiger partial charge in [-0.05, 0) is 44.0 Å². The van der Waals surface area contributed by atoms with E-state index in [2.05, 4.69) is 9.62 Å². The van der Waals surface area contributed by atoms with Crippen LogP contribution in [0.1, 0.15) is 19.3 Å². The molecule has 0 bridgehead atoms. The molecular formula is C13H18FN3O2S. The maximum Gasteiger partial charge on any atom is 0.240 e. The molecule has 1 aromatic rings. The van der Waals surface area contributed by atoms with Crippen LogP contribution in [0.2, 0.25) is 0 Å². The summed E-state index contributed by atoms with van der Waals surface area (Å²) in [6, 6.07) is 3.79. The third-order valence-corrected chi connectivity index (χ3v) is 5.68. The zero-order valence-electron chi connectivity index (χ0n) is 11.0. The first-order valence-electron chi connectivity index (χ1n) is 6.79. The number of rotatable bonds is 3. The summed E-state index contributed by atoms with van der Waals surface area (Å²) in [6.07, 6.45) is 2.93. The summed E-state index contributed by atoms with van der Waals surface area (Å²) in [5.41, 5.74) is 5.32. The molecule has 2 aliphatic heterocycles. The largest absolute Gasteiger partial charge is 0.396 e. The smallest absolute Gasteiger partial charge is 0.240 e. The summed E-state index contributed by atoms with van der Waals surface area (Å²) in [7, 11) is -3.69. The number of sulfonamides is 1. The summed E-state index contributed by atoms with van der Waals surface area (Å²) >= 11 is 0. The van der Waals surface area contributed by atoms with Gasteiger partial charge in [-0.25, -0.2) is 17.5 Å². The minimum atomic E-state index is -3.69. The molecule has 0 aromatic heterocycles. The second-order valence-corrected chi connectivity index (χ2v) is 7.16. The van der Waals surface area contributed by atoms with Gasteiger partial charge in [0.1, 0.15) is 5.82 Å². The Hall–Kier alpha value is -1.18. The standard InChI is InChI=1S/C13H18FN3O2S/c14-10-8-9(3-4-11(10)15)20(18,19)16-12-5-7-17-6-1-2-13(12)17/h3-4,8,12-13,16H,1-2,5-7,15H2. The summed E-state index contributed by atoms with van der Waals surface area (Å²) in [5, 5.41) is 0. The molecule has 1 aromatic carbocycles. The number of nitrogens with two attached hydrogens (primary N) is 1. The van der Waals surface area contributed by atoms with E-state index in [1.807, 2.05) is 0 Å². The van der Waals surface area contributed by atoms with Gasteiger partial charge in [0.25, 0.3) is 0 Å². The van der Waals surface area contributed by atoms with Crippen LogP contribution in [0.15, 0.2) is 23.1 Å². The van der Waals surface area contributed by atoms with E-state index in [9.17, 15) is 12.8 Å². The molecule has 5 nitrogen and oxygen atoms in total. The van der Waals surface area contributed by atoms with Crippen LogP contribution < -0.4 is 10.5 Å². The number of benzene rings is 1. The van der Waals surface area contributed by atoms with Gasteiger partial charge in [0, 0.05) is 18.6 Å². The number of hydrogen-bond acceptors (Lipinski definition) is 4. The Morgan fingerprint density at radius 1 is 1.30 bits per heavy atom. The van der Waals surface area contributed by atoms with E-state index < -0.39 is 15.8 Å². The highest BCUT2D eigenvalue weighted by Crippen LogP contribution is 2.29. The van der Waals surface area contributed by atoms with Gasteiger partial charge in [0.2, 0.25) is 10.0 Å². The molecule has 7 heteroatoms. The molecular weight excluding hydrogens is 281 g/mol. The molecule has 0 spiro atoms. The van der Waals surface area contributed by atoms with Crippen molar-refractivity contribution in [3.05, 3.63) is 24.0 Å². The molecule has 3 rings (SSSR count). The van der Waals surface area contributed by atoms with Gasteiger partial charge in [-0.2, -0.15) is 0 Å². The molecule has 0 aliphatic carbocycles. The Bertz CT molecular complexity index is 620. The molecule has 2 unspecified atom stereocenters. The van der Waals surface area contributed by atoms with Crippen molar-refractivity contribution in [3.63, 3.8) is 0 Å². The van der Waals surface area contributed by atoms with Gasteiger partial charge >= 0.3 is 0 Å². The molecule has 2 aliphatic rings. The number of nitrogen functional groups attached to an aromatic ring is 1. The highest BCUT2D eigenvalue weighted by Gasteiger charge is 2.39. The Labute approximate surface area is 118 Å². The van der Waals surface area contributed by atoms with E-state index in [4.69, 9.17) is 5.73 Å². The predicted molar refractivity (Wildman–Crippen MR) is 74.1 cm³/mol. The van der Waals surface area contributed by atoms with Crippen molar-refractivity contribution in [2.24, 2.45) is 0 Å². The SMILES string of the molecule is Nc1ccc(S(=O)(=O)NC2CCN3CCCC23)cc1F. The highest BCUT2D eigenvalue weighted by atomic mass is 32.2. The van der Waals surface area contributed by atoms with Crippen LogP contribution in [0, 0.1) is 5.82 Å². The third-order valence-electron chi connectivity index (χ3n) is 4.19. The zero-order chi connectivity index (χ0) is 14.3. The number of hydrogen-bond donors (Lipinski definition) is 2. The van der Waals surface area contributed by atoms with Crippen molar-refractivity contribution in [2.75, 3.05) is 18.8 Å². The first-order chi connectivity index (χ1) is 9.47. The average Bonchev–Trinajstić information content (AvgIpc) is 2.97. The minimum absolute atomic E-state index is 0.0493. The second-order valence-electron chi connectivity index (χ2n) is 5.45. The maximum absolute atomic E-state index is 13.4. The van der Waals surface area contributed by atoms with Crippen molar-refractivity contribution in [1.82, 2.24) is 9.62 Å². The number of nitrogens with zero attached hydrogens (tertiary/aromatic N) is 1. The van der Waals surface area contributed by atoms with Crippen molar-refractivity contribution in [1.29, 1.82) is 0 Å². The van der Waals surface area contributed by atoms with E-state index in [0.717, 1.165) is 38.4 Å². The number of halogens is 1. The lowest BCUT2D eigenvalue weighted by molar-refractivity contribution is 0.309. The zero-order valence-corrected chi connectivity index (χ0v) is 11.9. The van der Waals surface area contributed by atoms with Crippen LogP contribution >= 0.6 is 0 Å². The molecule has 2 heterocycles. The predicted octanol–water partition coefficient (Wildman–Crippen LogP) is 0.923. The molecule has 3 N–H and O–H groups in total. The fourth-order valence-electron chi connectivity index (χ4n) is 3.16. The first kappa shape index (κ1) is 13.8. The van der Waals surface area contributed by atoms with Crippen molar-refractivity contribution < 1.29 is 12.8 Å². The normalized spacial score (nSPS) is 26.9. The quantitative estimate of drug-likeness (QED) is 0.814. The molecule has 2 saturated heterocycles. The van der Waals surface area contributed by atoms with Crippen LogP contribution in [-0.4, -0.2) is 38.5 Å². The van der Waals surface area contributed by atoms with Gasteiger partial charge in [0.05, 0.1) is 10.6 Å². The highest BCUT2D eigenvalue weighted by molar-refractivity contribution is 7.89. The van der Waals surface area contributed by atoms with E-state index in [1.54, 1.807) is 0 Å². The Balaban J connectivity index is 1.80. The van der Waals surface area contributed by atoms with Gasteiger partial charge < -0.3 is 5.73 Å². The van der Waals surface area contributed by atoms with Crippen LogP contribution in [0.3, 0.4) is 0 Å². The average molecular weight is 299 g/mol. The van der Waals surface area contributed by atoms with Crippen LogP contribution in [0.25, 0.3) is 0 Å². The second kappa shape index (κ2) is 4.98. The summed E-state index contributed by atoms with van der Waals surface area (Å²) in [6.45, 7) is 1.97. The number of anilines is 1. The molecule has 2 atom stereocenters. The molecule has 0 amide bonds. The first-order valence-corrected chi connectivity index (χ1v) is 8.27. The molecule has 2 fully saturated rings. The van der Waals surface area contributed by atoms with Crippen molar-refractivity contribution in [3.8, 4) is 0 Å². The van der Waals surface area contributed by atoms with Crippen LogP contribution in [-0.2, 0) is 10.0 Å². The molecule has 0 saturated carbocycles. The fourth-order valence-corrected chi connectivity index (χ4v) is 4.48. The van der Waals surface area contributed by atoms with Crippen LogP contribution in [0.4, 0.5) is 10.1 Å². The van der Waals surface area contributed by atoms with Crippen LogP contribution in [0.5, 0.6) is 0 Å². The number of nitrogens with one attached hydrogen (secondary N) is 1. The lowest BCUT2D eigenvalue weighted by atomic mass is 10.1. The summed E-state index contributed by atoms with van der Waals surface area (Å²) in [5.74, 6) is -0.707. The van der Waals surface area contributed by atoms with Gasteiger partial charge in [-0.15, -0.1) is 0 Å². The Morgan fingerprint density at radius 3 is 2.85 bits per heavy atom. The van der Waals surface area contributed by atoms with E-state index >= 15 is 0 Å². The monoisotopic (exact) mass is 299 g/mol. The maximum atomic E-state index is 13.4. The van der Waals surface area contributed by atoms with Crippen molar-refractivity contribution in [2.45, 2.75) is 36.2 Å². The molecule has 0 radical (unpaired) electrons. The van der Waals surface area contributed by atoms with E-state index in [-0.39, 0.29) is 22.7 Å². The van der Waals surface area contributed by atoms with Gasteiger partial charge in [-0.1, -0.05) is 0 Å². The third kappa shape index (κ3) is 2.41. The van der Waals surface area contributed by atoms with Gasteiger partial charge in [-0.3, -0.25) is 4.90 Å². The number of fused-ring (bicyclic) bond motifs is 1. The molecule has 110 valence electrons.